The third-order valence-electron chi connectivity index (χ3n) is 8.60. The molecular weight excluding hydrogens is 454 g/mol. The molecule has 7 heteroatoms. The van der Waals surface area contributed by atoms with Crippen LogP contribution in [0.4, 0.5) is 5.69 Å². The summed E-state index contributed by atoms with van der Waals surface area (Å²) < 4.78 is 10.8. The van der Waals surface area contributed by atoms with E-state index in [4.69, 9.17) is 9.47 Å². The number of hydrazone groups is 1. The number of nitrogens with one attached hydrogen (secondary N) is 2. The Balaban J connectivity index is 1.23. The van der Waals surface area contributed by atoms with Gasteiger partial charge in [0.25, 0.3) is 0 Å². The Labute approximate surface area is 212 Å². The smallest absolute Gasteiger partial charge is 0.329 e. The Morgan fingerprint density at radius 3 is 2.56 bits per heavy atom. The molecule has 2 aromatic rings. The van der Waals surface area contributed by atoms with Gasteiger partial charge >= 0.3 is 11.8 Å². The topological polar surface area (TPSA) is 89.0 Å². The molecule has 2 N–H and O–H groups in total. The molecule has 5 rings (SSSR count). The van der Waals surface area contributed by atoms with Crippen LogP contribution in [0, 0.1) is 17.3 Å². The van der Waals surface area contributed by atoms with E-state index in [1.54, 1.807) is 31.4 Å². The predicted octanol–water partition coefficient (Wildman–Crippen LogP) is 5.06. The standard InChI is InChI=1S/C29H35N3O4/c1-4-36-20-8-6-19(7-9-20)30-27(33)28(34)32-31-26-14-13-25-24-11-5-18-17-21(35-3)10-12-22(18)23(24)15-16-29(25,26)2/h6-10,12,17,23-25H,4-5,11,13-16H2,1-3H3,(H,30,33)(H,32,34)/b31-26+. The molecular formula is C29H35N3O4. The number of rotatable bonds is 5. The van der Waals surface area contributed by atoms with Gasteiger partial charge in [-0.3, -0.25) is 9.59 Å². The van der Waals surface area contributed by atoms with Crippen molar-refractivity contribution < 1.29 is 19.1 Å². The molecule has 0 saturated heterocycles. The Hall–Kier alpha value is -3.35. The zero-order valence-corrected chi connectivity index (χ0v) is 21.3. The number of carbonyl (C=O) groups excluding carboxylic acids is 2. The van der Waals surface area contributed by atoms with Gasteiger partial charge in [0.05, 0.1) is 13.7 Å². The number of nitrogens with zero attached hydrogens (tertiary/aromatic N) is 1. The number of benzene rings is 2. The third kappa shape index (κ3) is 4.47. The molecule has 4 atom stereocenters. The van der Waals surface area contributed by atoms with Crippen molar-refractivity contribution in [2.24, 2.45) is 22.4 Å². The first-order valence-electron chi connectivity index (χ1n) is 13.0. The lowest BCUT2D eigenvalue weighted by atomic mass is 9.55. The molecule has 2 amide bonds. The fourth-order valence-corrected chi connectivity index (χ4v) is 6.82. The minimum absolute atomic E-state index is 0.0377. The lowest BCUT2D eigenvalue weighted by Crippen LogP contribution is -2.43. The van der Waals surface area contributed by atoms with Gasteiger partial charge < -0.3 is 14.8 Å². The summed E-state index contributed by atoms with van der Waals surface area (Å²) in [7, 11) is 1.72. The fourth-order valence-electron chi connectivity index (χ4n) is 6.82. The van der Waals surface area contributed by atoms with Crippen molar-refractivity contribution in [1.82, 2.24) is 5.43 Å². The van der Waals surface area contributed by atoms with Crippen LogP contribution in [0.15, 0.2) is 47.6 Å². The zero-order valence-electron chi connectivity index (χ0n) is 21.3. The number of carbonyl (C=O) groups is 2. The lowest BCUT2D eigenvalue weighted by molar-refractivity contribution is -0.136. The molecule has 7 nitrogen and oxygen atoms in total. The summed E-state index contributed by atoms with van der Waals surface area (Å²) >= 11 is 0. The summed E-state index contributed by atoms with van der Waals surface area (Å²) in [6.45, 7) is 4.78. The van der Waals surface area contributed by atoms with Crippen molar-refractivity contribution in [3.05, 3.63) is 53.6 Å². The highest BCUT2D eigenvalue weighted by atomic mass is 16.5. The third-order valence-corrected chi connectivity index (χ3v) is 8.60. The van der Waals surface area contributed by atoms with Crippen LogP contribution in [0.25, 0.3) is 0 Å². The molecule has 0 heterocycles. The Morgan fingerprint density at radius 2 is 1.81 bits per heavy atom. The van der Waals surface area contributed by atoms with Crippen molar-refractivity contribution >= 4 is 23.2 Å². The number of methoxy groups -OCH3 is 1. The number of fused-ring (bicyclic) bond motifs is 5. The van der Waals surface area contributed by atoms with Crippen LogP contribution < -0.4 is 20.2 Å². The molecule has 0 aromatic heterocycles. The van der Waals surface area contributed by atoms with Crippen LogP contribution in [0.5, 0.6) is 11.5 Å². The predicted molar refractivity (Wildman–Crippen MR) is 139 cm³/mol. The largest absolute Gasteiger partial charge is 0.497 e. The lowest BCUT2D eigenvalue weighted by Gasteiger charge is -2.49. The summed E-state index contributed by atoms with van der Waals surface area (Å²) in [6.07, 6.45) is 6.35. The minimum Gasteiger partial charge on any atom is -0.497 e. The summed E-state index contributed by atoms with van der Waals surface area (Å²) in [4.78, 5) is 24.9. The Kier molecular flexibility index (Phi) is 6.73. The average molecular weight is 490 g/mol. The zero-order chi connectivity index (χ0) is 25.3. The van der Waals surface area contributed by atoms with Gasteiger partial charge in [-0.2, -0.15) is 5.10 Å². The maximum Gasteiger partial charge on any atom is 0.329 e. The molecule has 190 valence electrons. The molecule has 0 spiro atoms. The highest BCUT2D eigenvalue weighted by Crippen LogP contribution is 2.59. The summed E-state index contributed by atoms with van der Waals surface area (Å²) in [5.41, 5.74) is 6.97. The van der Waals surface area contributed by atoms with E-state index in [9.17, 15) is 9.59 Å². The quantitative estimate of drug-likeness (QED) is 0.454. The van der Waals surface area contributed by atoms with Crippen LogP contribution >= 0.6 is 0 Å². The van der Waals surface area contributed by atoms with E-state index in [-0.39, 0.29) is 5.41 Å². The second kappa shape index (κ2) is 9.96. The normalized spacial score (nSPS) is 27.4. The van der Waals surface area contributed by atoms with Crippen LogP contribution in [-0.2, 0) is 16.0 Å². The van der Waals surface area contributed by atoms with E-state index in [0.717, 1.165) is 43.6 Å². The Morgan fingerprint density at radius 1 is 1.03 bits per heavy atom. The van der Waals surface area contributed by atoms with E-state index in [0.29, 0.717) is 35.8 Å². The van der Waals surface area contributed by atoms with E-state index < -0.39 is 11.8 Å². The second-order valence-corrected chi connectivity index (χ2v) is 10.4. The summed E-state index contributed by atoms with van der Waals surface area (Å²) in [6, 6.07) is 13.5. The second-order valence-electron chi connectivity index (χ2n) is 10.4. The van der Waals surface area contributed by atoms with Crippen LogP contribution in [-0.4, -0.2) is 31.2 Å². The molecule has 2 saturated carbocycles. The minimum atomic E-state index is -0.752. The van der Waals surface area contributed by atoms with Crippen molar-refractivity contribution in [3.63, 3.8) is 0 Å². The SMILES string of the molecule is CCOc1ccc(NC(=O)C(=O)N/N=C2\CCC3C4CCc5cc(OC)ccc5C4CCC23C)cc1. The van der Waals surface area contributed by atoms with Gasteiger partial charge in [0.15, 0.2) is 0 Å². The van der Waals surface area contributed by atoms with Crippen LogP contribution in [0.3, 0.4) is 0 Å². The first-order chi connectivity index (χ1) is 17.4. The van der Waals surface area contributed by atoms with Gasteiger partial charge in [-0.05, 0) is 111 Å². The van der Waals surface area contributed by atoms with Crippen molar-refractivity contribution in [2.75, 3.05) is 19.0 Å². The molecule has 4 unspecified atom stereocenters. The molecule has 36 heavy (non-hydrogen) atoms. The van der Waals surface area contributed by atoms with Gasteiger partial charge in [0, 0.05) is 16.8 Å². The molecule has 2 fully saturated rings. The number of ether oxygens (including phenoxy) is 2. The maximum absolute atomic E-state index is 12.5. The highest BCUT2D eigenvalue weighted by Gasteiger charge is 2.53. The van der Waals surface area contributed by atoms with Gasteiger partial charge in [0.2, 0.25) is 0 Å². The van der Waals surface area contributed by atoms with Gasteiger partial charge in [-0.15, -0.1) is 0 Å². The van der Waals surface area contributed by atoms with E-state index in [1.807, 2.05) is 6.92 Å². The average Bonchev–Trinajstić information content (AvgIpc) is 3.24. The monoisotopic (exact) mass is 489 g/mol. The van der Waals surface area contributed by atoms with Crippen LogP contribution in [0.2, 0.25) is 0 Å². The van der Waals surface area contributed by atoms with Crippen molar-refractivity contribution in [2.45, 2.75) is 58.3 Å². The first-order valence-corrected chi connectivity index (χ1v) is 13.0. The number of hydrogen-bond acceptors (Lipinski definition) is 5. The number of aryl methyl sites for hydroxylation is 1. The molecule has 3 aliphatic carbocycles. The van der Waals surface area contributed by atoms with Crippen molar-refractivity contribution in [3.8, 4) is 11.5 Å². The first kappa shape index (κ1) is 24.3. The van der Waals surface area contributed by atoms with Gasteiger partial charge in [0.1, 0.15) is 11.5 Å². The molecule has 0 aliphatic heterocycles. The van der Waals surface area contributed by atoms with Gasteiger partial charge in [-0.25, -0.2) is 5.43 Å². The molecule has 0 bridgehead atoms. The van der Waals surface area contributed by atoms with Crippen LogP contribution in [0.1, 0.15) is 63.0 Å². The van der Waals surface area contributed by atoms with Gasteiger partial charge in [-0.1, -0.05) is 13.0 Å². The summed E-state index contributed by atoms with van der Waals surface area (Å²) in [5, 5.41) is 7.13. The molecule has 0 radical (unpaired) electrons. The number of hydrogen-bond donors (Lipinski definition) is 2. The van der Waals surface area contributed by atoms with E-state index in [1.165, 1.54) is 17.5 Å². The highest BCUT2D eigenvalue weighted by molar-refractivity contribution is 6.39. The fraction of sp³-hybridized carbons (Fsp3) is 0.483. The van der Waals surface area contributed by atoms with E-state index in [2.05, 4.69) is 41.0 Å². The maximum atomic E-state index is 12.5. The number of anilines is 1. The Bertz CT molecular complexity index is 1180. The van der Waals surface area contributed by atoms with E-state index >= 15 is 0 Å². The van der Waals surface area contributed by atoms with Crippen molar-refractivity contribution in [1.29, 1.82) is 0 Å². The number of amides is 2. The summed E-state index contributed by atoms with van der Waals surface area (Å²) in [5.74, 6) is 1.91. The molecule has 2 aromatic carbocycles. The molecule has 3 aliphatic rings.